The molecule has 0 aromatic heterocycles. The topological polar surface area (TPSA) is 71.4 Å². The molecule has 6 heteroatoms. The highest BCUT2D eigenvalue weighted by Gasteiger charge is 2.41. The van der Waals surface area contributed by atoms with Gasteiger partial charge in [-0.3, -0.25) is 4.90 Å². The zero-order valence-corrected chi connectivity index (χ0v) is 20.9. The Balaban J connectivity index is 0.000000728. The summed E-state index contributed by atoms with van der Waals surface area (Å²) in [5.41, 5.74) is 3.21. The Labute approximate surface area is 198 Å². The van der Waals surface area contributed by atoms with Gasteiger partial charge in [0.05, 0.1) is 13.7 Å². The van der Waals surface area contributed by atoms with Crippen LogP contribution in [0.4, 0.5) is 0 Å². The Hall–Kier alpha value is -2.60. The van der Waals surface area contributed by atoms with E-state index in [1.807, 2.05) is 39.8 Å². The average Bonchev–Trinajstić information content (AvgIpc) is 3.54. The largest absolute Gasteiger partial charge is 0.504 e. The lowest BCUT2D eigenvalue weighted by atomic mass is 9.77. The van der Waals surface area contributed by atoms with E-state index in [1.165, 1.54) is 25.5 Å². The van der Waals surface area contributed by atoms with Gasteiger partial charge in [0.15, 0.2) is 17.7 Å². The first-order valence-electron chi connectivity index (χ1n) is 12.4. The van der Waals surface area contributed by atoms with Crippen molar-refractivity contribution in [1.29, 1.82) is 0 Å². The molecular formula is C27H39NO5. The highest BCUT2D eigenvalue weighted by Crippen LogP contribution is 2.50. The molecule has 5 rings (SSSR count). The van der Waals surface area contributed by atoms with E-state index in [0.29, 0.717) is 6.61 Å². The zero-order chi connectivity index (χ0) is 24.1. The lowest BCUT2D eigenvalue weighted by molar-refractivity contribution is -0.0178. The number of phenols is 2. The van der Waals surface area contributed by atoms with E-state index in [-0.39, 0.29) is 35.3 Å². The predicted octanol–water partition coefficient (Wildman–Crippen LogP) is 5.68. The van der Waals surface area contributed by atoms with Crippen LogP contribution in [0.3, 0.4) is 0 Å². The van der Waals surface area contributed by atoms with Crippen LogP contribution in [0.25, 0.3) is 0 Å². The summed E-state index contributed by atoms with van der Waals surface area (Å²) < 4.78 is 17.6. The van der Waals surface area contributed by atoms with Gasteiger partial charge in [-0.15, -0.1) is 0 Å². The third-order valence-electron chi connectivity index (χ3n) is 6.54. The summed E-state index contributed by atoms with van der Waals surface area (Å²) in [4.78, 5) is 2.41. The molecule has 0 aliphatic carbocycles. The van der Waals surface area contributed by atoms with Crippen LogP contribution in [-0.4, -0.2) is 48.1 Å². The third-order valence-corrected chi connectivity index (χ3v) is 6.54. The number of hydrogen-bond donors (Lipinski definition) is 2. The summed E-state index contributed by atoms with van der Waals surface area (Å²) in [6, 6.07) is 7.70. The van der Waals surface area contributed by atoms with Gasteiger partial charge in [-0.2, -0.15) is 0 Å². The standard InChI is InChI=1S/C23H27NO5.2C2H6/c1-13-21(15-10-17(25)22(26)20(11-15)27-2)16-9-14-5-8-28-18(14)12-19(16)29-23(13)24-6-3-4-7-24;2*1-2/h9-13,21,23,25-26H,3-8H2,1-2H3;2*1-2H3. The first-order chi connectivity index (χ1) is 16.1. The minimum absolute atomic E-state index is 0.00986. The van der Waals surface area contributed by atoms with Crippen LogP contribution in [0.15, 0.2) is 24.3 Å². The van der Waals surface area contributed by atoms with Gasteiger partial charge >= 0.3 is 0 Å². The van der Waals surface area contributed by atoms with Crippen molar-refractivity contribution in [3.63, 3.8) is 0 Å². The molecular weight excluding hydrogens is 418 g/mol. The molecule has 1 saturated heterocycles. The van der Waals surface area contributed by atoms with Crippen LogP contribution in [0, 0.1) is 5.92 Å². The fourth-order valence-corrected chi connectivity index (χ4v) is 5.09. The number of methoxy groups -OCH3 is 1. The van der Waals surface area contributed by atoms with Gasteiger partial charge in [-0.05, 0) is 42.2 Å². The minimum Gasteiger partial charge on any atom is -0.504 e. The van der Waals surface area contributed by atoms with E-state index in [0.717, 1.165) is 42.1 Å². The Morgan fingerprint density at radius 1 is 0.970 bits per heavy atom. The Morgan fingerprint density at radius 2 is 1.67 bits per heavy atom. The van der Waals surface area contributed by atoms with Gasteiger partial charge in [0.25, 0.3) is 0 Å². The number of hydrogen-bond acceptors (Lipinski definition) is 6. The maximum absolute atomic E-state index is 10.3. The van der Waals surface area contributed by atoms with Gasteiger partial charge in [0, 0.05) is 43.0 Å². The maximum Gasteiger partial charge on any atom is 0.200 e. The molecule has 182 valence electrons. The second-order valence-electron chi connectivity index (χ2n) is 8.28. The molecule has 3 aliphatic heterocycles. The van der Waals surface area contributed by atoms with Crippen molar-refractivity contribution in [2.24, 2.45) is 5.92 Å². The van der Waals surface area contributed by atoms with Crippen molar-refractivity contribution in [2.75, 3.05) is 26.8 Å². The lowest BCUT2D eigenvalue weighted by Gasteiger charge is -2.42. The predicted molar refractivity (Wildman–Crippen MR) is 131 cm³/mol. The molecule has 2 aromatic rings. The normalized spacial score (nSPS) is 23.0. The molecule has 2 N–H and O–H groups in total. The van der Waals surface area contributed by atoms with Crippen LogP contribution in [0.1, 0.15) is 70.1 Å². The van der Waals surface area contributed by atoms with Crippen LogP contribution in [-0.2, 0) is 6.42 Å². The van der Waals surface area contributed by atoms with Crippen molar-refractivity contribution in [2.45, 2.75) is 66.0 Å². The summed E-state index contributed by atoms with van der Waals surface area (Å²) in [5, 5.41) is 20.4. The van der Waals surface area contributed by atoms with Crippen molar-refractivity contribution in [3.05, 3.63) is 41.0 Å². The maximum atomic E-state index is 10.3. The van der Waals surface area contributed by atoms with E-state index in [4.69, 9.17) is 14.2 Å². The Morgan fingerprint density at radius 3 is 2.33 bits per heavy atom. The first-order valence-corrected chi connectivity index (χ1v) is 12.4. The van der Waals surface area contributed by atoms with Crippen LogP contribution < -0.4 is 14.2 Å². The summed E-state index contributed by atoms with van der Waals surface area (Å²) in [6.07, 6.45) is 3.22. The number of nitrogens with zero attached hydrogens (tertiary/aromatic N) is 1. The molecule has 3 heterocycles. The highest BCUT2D eigenvalue weighted by atomic mass is 16.5. The van der Waals surface area contributed by atoms with E-state index in [9.17, 15) is 10.2 Å². The summed E-state index contributed by atoms with van der Waals surface area (Å²) >= 11 is 0. The van der Waals surface area contributed by atoms with E-state index in [1.54, 1.807) is 6.07 Å². The smallest absolute Gasteiger partial charge is 0.200 e. The molecule has 0 radical (unpaired) electrons. The highest BCUT2D eigenvalue weighted by molar-refractivity contribution is 5.58. The van der Waals surface area contributed by atoms with Gasteiger partial charge in [0.1, 0.15) is 11.5 Å². The second kappa shape index (κ2) is 11.0. The van der Waals surface area contributed by atoms with Crippen LogP contribution in [0.2, 0.25) is 0 Å². The van der Waals surface area contributed by atoms with Gasteiger partial charge < -0.3 is 24.4 Å². The molecule has 0 saturated carbocycles. The van der Waals surface area contributed by atoms with Crippen molar-refractivity contribution in [3.8, 4) is 28.7 Å². The Bertz CT molecular complexity index is 939. The molecule has 1 fully saturated rings. The monoisotopic (exact) mass is 457 g/mol. The molecule has 0 amide bonds. The van der Waals surface area contributed by atoms with Crippen molar-refractivity contribution >= 4 is 0 Å². The van der Waals surface area contributed by atoms with Gasteiger partial charge in [-0.25, -0.2) is 0 Å². The van der Waals surface area contributed by atoms with E-state index in [2.05, 4.69) is 17.9 Å². The zero-order valence-electron chi connectivity index (χ0n) is 20.9. The van der Waals surface area contributed by atoms with E-state index < -0.39 is 0 Å². The number of likely N-dealkylation sites (tertiary alicyclic amines) is 1. The Kier molecular flexibility index (Phi) is 8.35. The number of rotatable bonds is 3. The van der Waals surface area contributed by atoms with Gasteiger partial charge in [0.2, 0.25) is 5.75 Å². The first kappa shape index (κ1) is 25.0. The number of benzene rings is 2. The molecule has 0 spiro atoms. The average molecular weight is 458 g/mol. The summed E-state index contributed by atoms with van der Waals surface area (Å²) in [7, 11) is 1.50. The van der Waals surface area contributed by atoms with E-state index >= 15 is 0 Å². The number of aromatic hydroxyl groups is 2. The second-order valence-corrected chi connectivity index (χ2v) is 8.28. The minimum atomic E-state index is -0.227. The molecule has 6 nitrogen and oxygen atoms in total. The molecule has 3 unspecified atom stereocenters. The van der Waals surface area contributed by atoms with Crippen LogP contribution in [0.5, 0.6) is 28.7 Å². The van der Waals surface area contributed by atoms with Crippen molar-refractivity contribution < 1.29 is 24.4 Å². The SMILES string of the molecule is CC.CC.COc1cc(C2c3cc4c(cc3OC(N3CCCC3)C2C)OCC4)cc(O)c1O. The number of fused-ring (bicyclic) bond motifs is 2. The molecule has 3 atom stereocenters. The fourth-order valence-electron chi connectivity index (χ4n) is 5.09. The summed E-state index contributed by atoms with van der Waals surface area (Å²) in [5.74, 6) is 1.81. The number of ether oxygens (including phenoxy) is 3. The van der Waals surface area contributed by atoms with Gasteiger partial charge in [-0.1, -0.05) is 34.6 Å². The number of phenolic OH excluding ortho intramolecular Hbond substituents is 2. The molecule has 2 aromatic carbocycles. The fraction of sp³-hybridized carbons (Fsp3) is 0.556. The third kappa shape index (κ3) is 4.72. The van der Waals surface area contributed by atoms with Crippen molar-refractivity contribution in [1.82, 2.24) is 4.90 Å². The molecule has 0 bridgehead atoms. The van der Waals surface area contributed by atoms with Crippen LogP contribution >= 0.6 is 0 Å². The molecule has 3 aliphatic rings. The lowest BCUT2D eigenvalue weighted by Crippen LogP contribution is -2.47. The molecule has 33 heavy (non-hydrogen) atoms. The summed E-state index contributed by atoms with van der Waals surface area (Å²) in [6.45, 7) is 13.0. The quantitative estimate of drug-likeness (QED) is 0.578.